The van der Waals surface area contributed by atoms with E-state index in [-0.39, 0.29) is 30.2 Å². The molecule has 0 fully saturated rings. The fourth-order valence-corrected chi connectivity index (χ4v) is 3.32. The van der Waals surface area contributed by atoms with Gasteiger partial charge >= 0.3 is 0 Å². The standard InChI is InChI=1S/C24H32N2O3/c1-7-29-20-13-11-19(12-14-20)25-23(28)15-26(18(6)27)24-21(16(2)3)9-8-10-22(24)17(4)5/h8-14,16-17H,7,15H2,1-6H3,(H,25,28). The predicted molar refractivity (Wildman–Crippen MR) is 119 cm³/mol. The second kappa shape index (κ2) is 10.1. The predicted octanol–water partition coefficient (Wildman–Crippen LogP) is 5.32. The molecule has 2 amide bonds. The van der Waals surface area contributed by atoms with Crippen molar-refractivity contribution in [2.75, 3.05) is 23.4 Å². The van der Waals surface area contributed by atoms with Crippen molar-refractivity contribution in [1.29, 1.82) is 0 Å². The second-order valence-electron chi connectivity index (χ2n) is 7.71. The smallest absolute Gasteiger partial charge is 0.244 e. The summed E-state index contributed by atoms with van der Waals surface area (Å²) in [5.41, 5.74) is 3.66. The number of nitrogens with one attached hydrogen (secondary N) is 1. The van der Waals surface area contributed by atoms with Crippen LogP contribution in [0.1, 0.15) is 64.5 Å². The minimum atomic E-state index is -0.238. The molecule has 0 aliphatic rings. The monoisotopic (exact) mass is 396 g/mol. The number of nitrogens with zero attached hydrogens (tertiary/aromatic N) is 1. The summed E-state index contributed by atoms with van der Waals surface area (Å²) < 4.78 is 5.43. The van der Waals surface area contributed by atoms with Gasteiger partial charge in [0.1, 0.15) is 12.3 Å². The fourth-order valence-electron chi connectivity index (χ4n) is 3.32. The first kappa shape index (κ1) is 22.5. The molecule has 0 aliphatic carbocycles. The van der Waals surface area contributed by atoms with Gasteiger partial charge in [0, 0.05) is 12.6 Å². The number of carbonyl (C=O) groups excluding carboxylic acids is 2. The van der Waals surface area contributed by atoms with Crippen molar-refractivity contribution in [3.05, 3.63) is 53.6 Å². The van der Waals surface area contributed by atoms with Crippen molar-refractivity contribution >= 4 is 23.2 Å². The number of hydrogen-bond donors (Lipinski definition) is 1. The average molecular weight is 397 g/mol. The van der Waals surface area contributed by atoms with Crippen molar-refractivity contribution in [3.63, 3.8) is 0 Å². The number of amides is 2. The molecule has 2 aromatic rings. The van der Waals surface area contributed by atoms with Crippen molar-refractivity contribution in [3.8, 4) is 5.75 Å². The number of para-hydroxylation sites is 1. The van der Waals surface area contributed by atoms with E-state index in [0.717, 1.165) is 22.6 Å². The molecule has 0 atom stereocenters. The van der Waals surface area contributed by atoms with Crippen LogP contribution in [0.15, 0.2) is 42.5 Å². The zero-order valence-electron chi connectivity index (χ0n) is 18.3. The van der Waals surface area contributed by atoms with Gasteiger partial charge in [0.05, 0.1) is 12.3 Å². The fraction of sp³-hybridized carbons (Fsp3) is 0.417. The first-order valence-corrected chi connectivity index (χ1v) is 10.2. The molecule has 5 nitrogen and oxygen atoms in total. The van der Waals surface area contributed by atoms with Crippen molar-refractivity contribution in [1.82, 2.24) is 0 Å². The quantitative estimate of drug-likeness (QED) is 0.657. The van der Waals surface area contributed by atoms with Gasteiger partial charge in [-0.25, -0.2) is 0 Å². The Morgan fingerprint density at radius 2 is 1.52 bits per heavy atom. The lowest BCUT2D eigenvalue weighted by Gasteiger charge is -2.29. The maximum Gasteiger partial charge on any atom is 0.244 e. The van der Waals surface area contributed by atoms with E-state index >= 15 is 0 Å². The number of benzene rings is 2. The SMILES string of the molecule is CCOc1ccc(NC(=O)CN(C(C)=O)c2c(C(C)C)cccc2C(C)C)cc1. The molecule has 2 rings (SSSR count). The maximum atomic E-state index is 12.7. The lowest BCUT2D eigenvalue weighted by molar-refractivity contribution is -0.120. The third-order valence-corrected chi connectivity index (χ3v) is 4.74. The van der Waals surface area contributed by atoms with E-state index in [1.807, 2.05) is 37.3 Å². The van der Waals surface area contributed by atoms with E-state index in [0.29, 0.717) is 12.3 Å². The Labute approximate surface area is 174 Å². The molecule has 0 bridgehead atoms. The van der Waals surface area contributed by atoms with Gasteiger partial charge in [-0.3, -0.25) is 9.59 Å². The number of ether oxygens (including phenoxy) is 1. The summed E-state index contributed by atoms with van der Waals surface area (Å²) in [7, 11) is 0. The molecule has 1 N–H and O–H groups in total. The zero-order chi connectivity index (χ0) is 21.6. The third-order valence-electron chi connectivity index (χ3n) is 4.74. The summed E-state index contributed by atoms with van der Waals surface area (Å²) in [6.07, 6.45) is 0. The van der Waals surface area contributed by atoms with Crippen LogP contribution in [0, 0.1) is 0 Å². The van der Waals surface area contributed by atoms with Gasteiger partial charge in [0.15, 0.2) is 0 Å². The van der Waals surface area contributed by atoms with Gasteiger partial charge in [-0.2, -0.15) is 0 Å². The minimum absolute atomic E-state index is 0.0357. The van der Waals surface area contributed by atoms with Crippen LogP contribution in [0.4, 0.5) is 11.4 Å². The summed E-state index contributed by atoms with van der Waals surface area (Å²) >= 11 is 0. The Morgan fingerprint density at radius 1 is 0.966 bits per heavy atom. The van der Waals surface area contributed by atoms with E-state index in [1.165, 1.54) is 6.92 Å². The van der Waals surface area contributed by atoms with Crippen LogP contribution >= 0.6 is 0 Å². The van der Waals surface area contributed by atoms with Crippen LogP contribution in [-0.2, 0) is 9.59 Å². The Balaban J connectivity index is 2.28. The van der Waals surface area contributed by atoms with Crippen LogP contribution in [-0.4, -0.2) is 25.0 Å². The molecule has 0 spiro atoms. The summed E-state index contributed by atoms with van der Waals surface area (Å²) in [6.45, 7) is 12.4. The molecule has 0 heterocycles. The number of carbonyl (C=O) groups is 2. The van der Waals surface area contributed by atoms with E-state index in [1.54, 1.807) is 17.0 Å². The molecular formula is C24H32N2O3. The van der Waals surface area contributed by atoms with Gasteiger partial charge in [0.2, 0.25) is 11.8 Å². The molecule has 156 valence electrons. The lowest BCUT2D eigenvalue weighted by atomic mass is 9.91. The highest BCUT2D eigenvalue weighted by molar-refractivity contribution is 6.02. The molecule has 2 aromatic carbocycles. The first-order valence-electron chi connectivity index (χ1n) is 10.2. The number of hydrogen-bond acceptors (Lipinski definition) is 3. The maximum absolute atomic E-state index is 12.7. The lowest BCUT2D eigenvalue weighted by Crippen LogP contribution is -2.38. The number of rotatable bonds is 8. The van der Waals surface area contributed by atoms with Crippen molar-refractivity contribution in [2.24, 2.45) is 0 Å². The summed E-state index contributed by atoms with van der Waals surface area (Å²) in [4.78, 5) is 26.9. The van der Waals surface area contributed by atoms with Crippen LogP contribution in [0.3, 0.4) is 0 Å². The molecule has 0 radical (unpaired) electrons. The Kier molecular flexibility index (Phi) is 7.82. The third kappa shape index (κ3) is 5.83. The molecular weight excluding hydrogens is 364 g/mol. The van der Waals surface area contributed by atoms with Crippen LogP contribution in [0.2, 0.25) is 0 Å². The number of anilines is 2. The van der Waals surface area contributed by atoms with E-state index in [4.69, 9.17) is 4.74 Å². The van der Waals surface area contributed by atoms with Gasteiger partial charge in [-0.15, -0.1) is 0 Å². The Morgan fingerprint density at radius 3 is 1.97 bits per heavy atom. The van der Waals surface area contributed by atoms with E-state index < -0.39 is 0 Å². The van der Waals surface area contributed by atoms with E-state index in [2.05, 4.69) is 33.0 Å². The normalized spacial score (nSPS) is 10.9. The molecule has 0 aliphatic heterocycles. The van der Waals surface area contributed by atoms with Crippen molar-refractivity contribution < 1.29 is 14.3 Å². The minimum Gasteiger partial charge on any atom is -0.494 e. The van der Waals surface area contributed by atoms with Gasteiger partial charge in [0.25, 0.3) is 0 Å². The second-order valence-corrected chi connectivity index (χ2v) is 7.71. The summed E-state index contributed by atoms with van der Waals surface area (Å²) in [5.74, 6) is 0.835. The van der Waals surface area contributed by atoms with Crippen molar-refractivity contribution in [2.45, 2.75) is 53.4 Å². The summed E-state index contributed by atoms with van der Waals surface area (Å²) in [6, 6.07) is 13.3. The van der Waals surface area contributed by atoms with E-state index in [9.17, 15) is 9.59 Å². The highest BCUT2D eigenvalue weighted by atomic mass is 16.5. The largest absolute Gasteiger partial charge is 0.494 e. The molecule has 5 heteroatoms. The zero-order valence-corrected chi connectivity index (χ0v) is 18.3. The van der Waals surface area contributed by atoms with Gasteiger partial charge < -0.3 is 15.0 Å². The molecule has 0 aromatic heterocycles. The summed E-state index contributed by atoms with van der Waals surface area (Å²) in [5, 5.41) is 2.88. The Hall–Kier alpha value is -2.82. The highest BCUT2D eigenvalue weighted by Crippen LogP contribution is 2.35. The average Bonchev–Trinajstić information content (AvgIpc) is 2.67. The van der Waals surface area contributed by atoms with Gasteiger partial charge in [-0.1, -0.05) is 45.9 Å². The van der Waals surface area contributed by atoms with Crippen LogP contribution in [0.25, 0.3) is 0 Å². The molecule has 0 saturated heterocycles. The first-order chi connectivity index (χ1) is 13.7. The van der Waals surface area contributed by atoms with Crippen LogP contribution in [0.5, 0.6) is 5.75 Å². The highest BCUT2D eigenvalue weighted by Gasteiger charge is 2.24. The molecule has 0 unspecified atom stereocenters. The molecule has 29 heavy (non-hydrogen) atoms. The molecule has 0 saturated carbocycles. The van der Waals surface area contributed by atoms with Crippen LogP contribution < -0.4 is 15.0 Å². The van der Waals surface area contributed by atoms with Gasteiger partial charge in [-0.05, 0) is 54.2 Å². The topological polar surface area (TPSA) is 58.6 Å². The Bertz CT molecular complexity index is 815.